The second-order valence-corrected chi connectivity index (χ2v) is 6.78. The summed E-state index contributed by atoms with van der Waals surface area (Å²) in [7, 11) is 1.53. The van der Waals surface area contributed by atoms with Crippen LogP contribution in [0.5, 0.6) is 5.75 Å². The van der Waals surface area contributed by atoms with Gasteiger partial charge < -0.3 is 15.2 Å². The standard InChI is InChI=1S/C22H23NO4/c1-27-20-10-6-5-9-18(20)21(26)23-15-22(17-7-3-2-4-8-17)12-11-19(25)16(13-22)14-24/h2-10,14,24H,11-13,15H2,1H3,(H,23,26)/b16-14-. The Labute approximate surface area is 158 Å². The van der Waals surface area contributed by atoms with E-state index in [-0.39, 0.29) is 11.7 Å². The number of rotatable bonds is 5. The van der Waals surface area contributed by atoms with Gasteiger partial charge in [-0.1, -0.05) is 42.5 Å². The van der Waals surface area contributed by atoms with Crippen molar-refractivity contribution in [2.45, 2.75) is 24.7 Å². The molecule has 1 aliphatic rings. The number of hydrogen-bond donors (Lipinski definition) is 2. The van der Waals surface area contributed by atoms with Crippen molar-refractivity contribution < 1.29 is 19.4 Å². The van der Waals surface area contributed by atoms with E-state index in [2.05, 4.69) is 5.32 Å². The largest absolute Gasteiger partial charge is 0.515 e. The van der Waals surface area contributed by atoms with Gasteiger partial charge in [0, 0.05) is 24.0 Å². The third-order valence-electron chi connectivity index (χ3n) is 5.20. The normalized spacial score (nSPS) is 21.1. The lowest BCUT2D eigenvalue weighted by Gasteiger charge is -2.38. The summed E-state index contributed by atoms with van der Waals surface area (Å²) in [5.74, 6) is 0.243. The molecule has 0 saturated heterocycles. The Balaban J connectivity index is 1.87. The highest BCUT2D eigenvalue weighted by atomic mass is 16.5. The molecule has 1 saturated carbocycles. The fraction of sp³-hybridized carbons (Fsp3) is 0.273. The highest BCUT2D eigenvalue weighted by molar-refractivity contribution is 5.97. The van der Waals surface area contributed by atoms with Crippen LogP contribution in [0, 0.1) is 0 Å². The van der Waals surface area contributed by atoms with Crippen LogP contribution in [-0.2, 0) is 10.2 Å². The number of allylic oxidation sites excluding steroid dienone is 1. The number of carbonyl (C=O) groups is 2. The summed E-state index contributed by atoms with van der Waals surface area (Å²) in [6.07, 6.45) is 2.24. The molecule has 1 amide bonds. The van der Waals surface area contributed by atoms with E-state index in [0.717, 1.165) is 11.8 Å². The van der Waals surface area contributed by atoms with E-state index in [1.807, 2.05) is 36.4 Å². The van der Waals surface area contributed by atoms with Gasteiger partial charge in [-0.2, -0.15) is 0 Å². The molecule has 27 heavy (non-hydrogen) atoms. The molecule has 2 aromatic carbocycles. The lowest BCUT2D eigenvalue weighted by atomic mass is 9.67. The Morgan fingerprint density at radius 3 is 2.59 bits per heavy atom. The van der Waals surface area contributed by atoms with Gasteiger partial charge in [-0.25, -0.2) is 0 Å². The van der Waals surface area contributed by atoms with Crippen LogP contribution in [0.15, 0.2) is 66.4 Å². The number of benzene rings is 2. The minimum absolute atomic E-state index is 0.0416. The molecule has 1 unspecified atom stereocenters. The molecule has 2 N–H and O–H groups in total. The third-order valence-corrected chi connectivity index (χ3v) is 5.20. The molecule has 0 bridgehead atoms. The Bertz CT molecular complexity index is 860. The van der Waals surface area contributed by atoms with Crippen LogP contribution >= 0.6 is 0 Å². The number of ether oxygens (including phenoxy) is 1. The van der Waals surface area contributed by atoms with Crippen LogP contribution in [-0.4, -0.2) is 30.5 Å². The molecule has 0 radical (unpaired) electrons. The van der Waals surface area contributed by atoms with Crippen molar-refractivity contribution in [3.05, 3.63) is 77.6 Å². The summed E-state index contributed by atoms with van der Waals surface area (Å²) < 4.78 is 5.27. The summed E-state index contributed by atoms with van der Waals surface area (Å²) in [6.45, 7) is 0.360. The van der Waals surface area contributed by atoms with Crippen molar-refractivity contribution in [3.8, 4) is 5.75 Å². The van der Waals surface area contributed by atoms with E-state index in [1.165, 1.54) is 7.11 Å². The maximum atomic E-state index is 12.7. The van der Waals surface area contributed by atoms with Crippen molar-refractivity contribution in [1.29, 1.82) is 0 Å². The Kier molecular flexibility index (Phi) is 5.60. The van der Waals surface area contributed by atoms with E-state index in [4.69, 9.17) is 4.74 Å². The predicted molar refractivity (Wildman–Crippen MR) is 103 cm³/mol. The zero-order valence-corrected chi connectivity index (χ0v) is 15.3. The third kappa shape index (κ3) is 3.87. The van der Waals surface area contributed by atoms with Gasteiger partial charge in [0.15, 0.2) is 5.78 Å². The second kappa shape index (κ2) is 8.08. The zero-order chi connectivity index (χ0) is 19.3. The fourth-order valence-corrected chi connectivity index (χ4v) is 3.65. The van der Waals surface area contributed by atoms with Gasteiger partial charge in [0.2, 0.25) is 0 Å². The van der Waals surface area contributed by atoms with Crippen molar-refractivity contribution in [2.75, 3.05) is 13.7 Å². The molecule has 0 aromatic heterocycles. The molecule has 2 aromatic rings. The number of para-hydroxylation sites is 1. The maximum absolute atomic E-state index is 12.7. The number of aliphatic hydroxyl groups is 1. The summed E-state index contributed by atoms with van der Waals surface area (Å²) in [6, 6.07) is 16.9. The molecule has 5 heteroatoms. The zero-order valence-electron chi connectivity index (χ0n) is 15.3. The Morgan fingerprint density at radius 1 is 1.19 bits per heavy atom. The lowest BCUT2D eigenvalue weighted by Crippen LogP contribution is -2.44. The molecule has 0 aliphatic heterocycles. The average Bonchev–Trinajstić information content (AvgIpc) is 2.73. The number of nitrogens with one attached hydrogen (secondary N) is 1. The monoisotopic (exact) mass is 365 g/mol. The fourth-order valence-electron chi connectivity index (χ4n) is 3.65. The molecular formula is C22H23NO4. The van der Waals surface area contributed by atoms with Gasteiger partial charge in [-0.15, -0.1) is 0 Å². The summed E-state index contributed by atoms with van der Waals surface area (Å²) >= 11 is 0. The van der Waals surface area contributed by atoms with Crippen LogP contribution in [0.1, 0.15) is 35.2 Å². The van der Waals surface area contributed by atoms with Crippen molar-refractivity contribution in [2.24, 2.45) is 0 Å². The van der Waals surface area contributed by atoms with E-state index in [9.17, 15) is 14.7 Å². The van der Waals surface area contributed by atoms with E-state index in [0.29, 0.717) is 42.7 Å². The first-order valence-corrected chi connectivity index (χ1v) is 8.93. The highest BCUT2D eigenvalue weighted by Crippen LogP contribution is 2.40. The number of amides is 1. The number of carbonyl (C=O) groups excluding carboxylic acids is 2. The van der Waals surface area contributed by atoms with Crippen LogP contribution < -0.4 is 10.1 Å². The molecular weight excluding hydrogens is 342 g/mol. The molecule has 5 nitrogen and oxygen atoms in total. The Morgan fingerprint density at radius 2 is 1.89 bits per heavy atom. The van der Waals surface area contributed by atoms with Crippen molar-refractivity contribution >= 4 is 11.7 Å². The van der Waals surface area contributed by atoms with Gasteiger partial charge >= 0.3 is 0 Å². The predicted octanol–water partition coefficient (Wildman–Crippen LogP) is 3.56. The average molecular weight is 365 g/mol. The van der Waals surface area contributed by atoms with Gasteiger partial charge in [-0.05, 0) is 30.5 Å². The molecule has 140 valence electrons. The van der Waals surface area contributed by atoms with Crippen molar-refractivity contribution in [1.82, 2.24) is 5.32 Å². The number of hydrogen-bond acceptors (Lipinski definition) is 4. The molecule has 0 spiro atoms. The van der Waals surface area contributed by atoms with E-state index in [1.54, 1.807) is 18.2 Å². The number of aliphatic hydroxyl groups excluding tert-OH is 1. The minimum Gasteiger partial charge on any atom is -0.515 e. The van der Waals surface area contributed by atoms with Gasteiger partial charge in [0.1, 0.15) is 5.75 Å². The SMILES string of the molecule is COc1ccccc1C(=O)NCC1(c2ccccc2)CCC(=O)/C(=C\O)C1. The first-order chi connectivity index (χ1) is 13.1. The minimum atomic E-state index is -0.443. The van der Waals surface area contributed by atoms with Gasteiger partial charge in [0.25, 0.3) is 5.91 Å². The summed E-state index contributed by atoms with van der Waals surface area (Å²) in [5, 5.41) is 12.5. The molecule has 0 heterocycles. The first kappa shape index (κ1) is 18.7. The lowest BCUT2D eigenvalue weighted by molar-refractivity contribution is -0.117. The van der Waals surface area contributed by atoms with Crippen LogP contribution in [0.4, 0.5) is 0 Å². The second-order valence-electron chi connectivity index (χ2n) is 6.78. The Hall–Kier alpha value is -3.08. The molecule has 3 rings (SSSR count). The van der Waals surface area contributed by atoms with Crippen LogP contribution in [0.3, 0.4) is 0 Å². The topological polar surface area (TPSA) is 75.6 Å². The quantitative estimate of drug-likeness (QED) is 0.627. The van der Waals surface area contributed by atoms with E-state index >= 15 is 0 Å². The maximum Gasteiger partial charge on any atom is 0.255 e. The van der Waals surface area contributed by atoms with E-state index < -0.39 is 5.41 Å². The first-order valence-electron chi connectivity index (χ1n) is 8.93. The van der Waals surface area contributed by atoms with Crippen LogP contribution in [0.2, 0.25) is 0 Å². The molecule has 1 fully saturated rings. The number of ketones is 1. The molecule has 1 aliphatic carbocycles. The number of Topliss-reactive ketones (excluding diaryl/α,β-unsaturated/α-hetero) is 1. The highest BCUT2D eigenvalue weighted by Gasteiger charge is 2.39. The molecule has 1 atom stereocenters. The van der Waals surface area contributed by atoms with Gasteiger partial charge in [0.05, 0.1) is 18.9 Å². The summed E-state index contributed by atoms with van der Waals surface area (Å²) in [5.41, 5.74) is 1.46. The van der Waals surface area contributed by atoms with Crippen LogP contribution in [0.25, 0.3) is 0 Å². The van der Waals surface area contributed by atoms with Crippen molar-refractivity contribution in [3.63, 3.8) is 0 Å². The smallest absolute Gasteiger partial charge is 0.255 e. The van der Waals surface area contributed by atoms with Gasteiger partial charge in [-0.3, -0.25) is 9.59 Å². The number of methoxy groups -OCH3 is 1. The summed E-state index contributed by atoms with van der Waals surface area (Å²) in [4.78, 5) is 24.8.